The molecule has 0 aromatic carbocycles. The fraction of sp³-hybridized carbons (Fsp3) is 0.615. The van der Waals surface area contributed by atoms with Gasteiger partial charge in [-0.1, -0.05) is 6.07 Å². The van der Waals surface area contributed by atoms with E-state index < -0.39 is 11.3 Å². The molecular weight excluding hydrogens is 238 g/mol. The molecule has 0 aliphatic heterocycles. The zero-order valence-corrected chi connectivity index (χ0v) is 10.6. The molecule has 0 amide bonds. The maximum atomic E-state index is 13.1. The van der Waals surface area contributed by atoms with Crippen LogP contribution in [0, 0.1) is 0 Å². The van der Waals surface area contributed by atoms with Crippen molar-refractivity contribution in [1.82, 2.24) is 4.98 Å². The second-order valence-electron chi connectivity index (χ2n) is 5.22. The summed E-state index contributed by atoms with van der Waals surface area (Å²) < 4.78 is 31.7. The van der Waals surface area contributed by atoms with Crippen LogP contribution in [0.2, 0.25) is 0 Å². The monoisotopic (exact) mass is 256 g/mol. The molecule has 1 saturated carbocycles. The Hall–Kier alpha value is -1.23. The Bertz CT molecular complexity index is 427. The van der Waals surface area contributed by atoms with E-state index in [1.165, 1.54) is 0 Å². The van der Waals surface area contributed by atoms with Gasteiger partial charge in [0.15, 0.2) is 0 Å². The van der Waals surface area contributed by atoms with Gasteiger partial charge in [0.05, 0.1) is 11.8 Å². The van der Waals surface area contributed by atoms with Gasteiger partial charge in [0.1, 0.15) is 0 Å². The largest absolute Gasteiger partial charge is 0.475 e. The van der Waals surface area contributed by atoms with Crippen molar-refractivity contribution in [3.05, 3.63) is 23.9 Å². The number of hydrogen-bond acceptors (Lipinski definition) is 3. The summed E-state index contributed by atoms with van der Waals surface area (Å²) >= 11 is 0. The molecule has 0 bridgehead atoms. The van der Waals surface area contributed by atoms with Crippen LogP contribution in [0.4, 0.5) is 8.78 Å². The third kappa shape index (κ3) is 2.46. The second kappa shape index (κ2) is 4.46. The number of aromatic nitrogens is 1. The Morgan fingerprint density at radius 3 is 2.56 bits per heavy atom. The number of ether oxygens (including phenoxy) is 1. The van der Waals surface area contributed by atoms with Crippen molar-refractivity contribution in [1.29, 1.82) is 0 Å². The van der Waals surface area contributed by atoms with Crippen molar-refractivity contribution < 1.29 is 13.5 Å². The first-order valence-corrected chi connectivity index (χ1v) is 6.09. The van der Waals surface area contributed by atoms with Crippen LogP contribution in [0.1, 0.15) is 32.4 Å². The van der Waals surface area contributed by atoms with E-state index >= 15 is 0 Å². The van der Waals surface area contributed by atoms with Crippen molar-refractivity contribution in [2.45, 2.75) is 44.1 Å². The Labute approximate surface area is 105 Å². The number of halogens is 2. The van der Waals surface area contributed by atoms with Crippen LogP contribution >= 0.6 is 0 Å². The normalized spacial score (nSPS) is 20.6. The number of pyridine rings is 1. The summed E-state index contributed by atoms with van der Waals surface area (Å²) in [4.78, 5) is 4.31. The smallest absolute Gasteiger partial charge is 0.250 e. The van der Waals surface area contributed by atoms with Gasteiger partial charge >= 0.3 is 0 Å². The first kappa shape index (κ1) is 13.2. The molecule has 1 aromatic heterocycles. The molecule has 1 aromatic rings. The molecule has 100 valence electrons. The molecule has 2 rings (SSSR count). The molecule has 1 aliphatic rings. The van der Waals surface area contributed by atoms with Crippen molar-refractivity contribution in [2.75, 3.05) is 6.54 Å². The van der Waals surface area contributed by atoms with Crippen LogP contribution < -0.4 is 10.5 Å². The third-order valence-corrected chi connectivity index (χ3v) is 3.21. The number of alkyl halides is 2. The summed E-state index contributed by atoms with van der Waals surface area (Å²) in [5.74, 6) is -2.15. The zero-order valence-electron chi connectivity index (χ0n) is 10.6. The predicted molar refractivity (Wildman–Crippen MR) is 64.9 cm³/mol. The van der Waals surface area contributed by atoms with Gasteiger partial charge in [0.2, 0.25) is 11.8 Å². The second-order valence-corrected chi connectivity index (χ2v) is 5.22. The van der Waals surface area contributed by atoms with Gasteiger partial charge in [-0.25, -0.2) is 13.8 Å². The highest BCUT2D eigenvalue weighted by atomic mass is 19.3. The lowest BCUT2D eigenvalue weighted by Crippen LogP contribution is -2.54. The van der Waals surface area contributed by atoms with Gasteiger partial charge in [-0.2, -0.15) is 0 Å². The molecule has 5 heteroatoms. The van der Waals surface area contributed by atoms with E-state index in [4.69, 9.17) is 10.5 Å². The Morgan fingerprint density at radius 1 is 1.39 bits per heavy atom. The number of rotatable bonds is 4. The van der Waals surface area contributed by atoms with E-state index in [1.54, 1.807) is 18.2 Å². The average Bonchev–Trinajstić information content (AvgIpc) is 2.24. The van der Waals surface area contributed by atoms with E-state index in [0.717, 1.165) is 0 Å². The summed E-state index contributed by atoms with van der Waals surface area (Å²) in [5, 5.41) is 0. The molecular formula is C13H18F2N2O. The van der Waals surface area contributed by atoms with Crippen LogP contribution in [-0.4, -0.2) is 23.6 Å². The topological polar surface area (TPSA) is 48.1 Å². The van der Waals surface area contributed by atoms with Gasteiger partial charge < -0.3 is 10.5 Å². The van der Waals surface area contributed by atoms with Gasteiger partial charge in [-0.15, -0.1) is 0 Å². The minimum atomic E-state index is -2.62. The molecule has 0 spiro atoms. The predicted octanol–water partition coefficient (Wildman–Crippen LogP) is 2.49. The molecule has 3 nitrogen and oxygen atoms in total. The van der Waals surface area contributed by atoms with E-state index in [2.05, 4.69) is 4.98 Å². The lowest BCUT2D eigenvalue weighted by atomic mass is 9.64. The highest BCUT2D eigenvalue weighted by Crippen LogP contribution is 2.52. The minimum Gasteiger partial charge on any atom is -0.475 e. The summed E-state index contributed by atoms with van der Waals surface area (Å²) in [7, 11) is 0. The standard InChI is InChI=1S/C13H18F2N2O/c1-9(2)18-11-5-3-4-10(17-11)12(8-16)6-13(14,15)7-12/h3-5,9H,6-8,16H2,1-2H3. The van der Waals surface area contributed by atoms with Crippen LogP contribution in [0.25, 0.3) is 0 Å². The third-order valence-electron chi connectivity index (χ3n) is 3.21. The summed E-state index contributed by atoms with van der Waals surface area (Å²) in [6.07, 6.45) is -0.451. The van der Waals surface area contributed by atoms with Crippen molar-refractivity contribution >= 4 is 0 Å². The SMILES string of the molecule is CC(C)Oc1cccc(C2(CN)CC(F)(F)C2)n1. The van der Waals surface area contributed by atoms with E-state index in [0.29, 0.717) is 11.6 Å². The zero-order chi connectivity index (χ0) is 13.4. The first-order chi connectivity index (χ1) is 8.37. The molecule has 18 heavy (non-hydrogen) atoms. The lowest BCUT2D eigenvalue weighted by Gasteiger charge is -2.46. The Balaban J connectivity index is 2.22. The summed E-state index contributed by atoms with van der Waals surface area (Å²) in [6, 6.07) is 5.24. The summed E-state index contributed by atoms with van der Waals surface area (Å²) in [6.45, 7) is 3.97. The van der Waals surface area contributed by atoms with E-state index in [9.17, 15) is 8.78 Å². The first-order valence-electron chi connectivity index (χ1n) is 6.09. The van der Waals surface area contributed by atoms with Gasteiger partial charge in [-0.05, 0) is 19.9 Å². The summed E-state index contributed by atoms with van der Waals surface area (Å²) in [5.41, 5.74) is 5.57. The van der Waals surface area contributed by atoms with Crippen molar-refractivity contribution in [2.24, 2.45) is 5.73 Å². The van der Waals surface area contributed by atoms with Crippen LogP contribution in [-0.2, 0) is 5.41 Å². The molecule has 0 saturated heterocycles. The highest BCUT2D eigenvalue weighted by molar-refractivity contribution is 5.28. The maximum absolute atomic E-state index is 13.1. The molecule has 0 radical (unpaired) electrons. The van der Waals surface area contributed by atoms with Gasteiger partial charge in [0.25, 0.3) is 0 Å². The Kier molecular flexibility index (Phi) is 3.27. The Morgan fingerprint density at radius 2 is 2.06 bits per heavy atom. The molecule has 1 heterocycles. The number of hydrogen-bond donors (Lipinski definition) is 1. The van der Waals surface area contributed by atoms with Crippen molar-refractivity contribution in [3.63, 3.8) is 0 Å². The van der Waals surface area contributed by atoms with Gasteiger partial charge in [0, 0.05) is 30.9 Å². The fourth-order valence-electron chi connectivity index (χ4n) is 2.39. The van der Waals surface area contributed by atoms with E-state index in [-0.39, 0.29) is 25.5 Å². The molecule has 0 unspecified atom stereocenters. The lowest BCUT2D eigenvalue weighted by molar-refractivity contribution is -0.125. The van der Waals surface area contributed by atoms with Crippen LogP contribution in [0.5, 0.6) is 5.88 Å². The van der Waals surface area contributed by atoms with Crippen molar-refractivity contribution in [3.8, 4) is 5.88 Å². The maximum Gasteiger partial charge on any atom is 0.250 e. The van der Waals surface area contributed by atoms with E-state index in [1.807, 2.05) is 13.8 Å². The van der Waals surface area contributed by atoms with Gasteiger partial charge in [-0.3, -0.25) is 0 Å². The minimum absolute atomic E-state index is 0.00408. The highest BCUT2D eigenvalue weighted by Gasteiger charge is 2.57. The molecule has 0 atom stereocenters. The quantitative estimate of drug-likeness (QED) is 0.900. The number of nitrogens with two attached hydrogens (primary N) is 1. The van der Waals surface area contributed by atoms with Crippen LogP contribution in [0.15, 0.2) is 18.2 Å². The average molecular weight is 256 g/mol. The molecule has 1 fully saturated rings. The fourth-order valence-corrected chi connectivity index (χ4v) is 2.39. The number of nitrogens with zero attached hydrogens (tertiary/aromatic N) is 1. The molecule has 2 N–H and O–H groups in total. The molecule has 1 aliphatic carbocycles. The van der Waals surface area contributed by atoms with Crippen LogP contribution in [0.3, 0.4) is 0 Å².